The lowest BCUT2D eigenvalue weighted by Gasteiger charge is -2.15. The van der Waals surface area contributed by atoms with Gasteiger partial charge in [0.25, 0.3) is 5.56 Å². The first-order chi connectivity index (χ1) is 11.6. The molecule has 0 bridgehead atoms. The predicted octanol–water partition coefficient (Wildman–Crippen LogP) is 1.08. The van der Waals surface area contributed by atoms with Gasteiger partial charge in [-0.3, -0.25) is 14.3 Å². The van der Waals surface area contributed by atoms with Gasteiger partial charge < -0.3 is 14.9 Å². The van der Waals surface area contributed by atoms with Gasteiger partial charge in [-0.2, -0.15) is 0 Å². The van der Waals surface area contributed by atoms with Crippen LogP contribution in [0.4, 0.5) is 0 Å². The first-order valence-electron chi connectivity index (χ1n) is 8.85. The third-order valence-corrected chi connectivity index (χ3v) is 4.54. The van der Waals surface area contributed by atoms with Crippen molar-refractivity contribution < 1.29 is 14.9 Å². The Morgan fingerprint density at radius 1 is 1.25 bits per heavy atom. The second kappa shape index (κ2) is 9.15. The van der Waals surface area contributed by atoms with E-state index in [1.807, 2.05) is 0 Å². The minimum Gasteiger partial charge on any atom is -0.394 e. The Kier molecular flexibility index (Phi) is 7.20. The summed E-state index contributed by atoms with van der Waals surface area (Å²) < 4.78 is 6.81. The molecule has 0 saturated carbocycles. The highest BCUT2D eigenvalue weighted by Gasteiger charge is 2.35. The van der Waals surface area contributed by atoms with Crippen LogP contribution in [0.1, 0.15) is 63.7 Å². The first kappa shape index (κ1) is 18.9. The van der Waals surface area contributed by atoms with Crippen LogP contribution in [0, 0.1) is 0 Å². The summed E-state index contributed by atoms with van der Waals surface area (Å²) in [5.74, 6) is 0. The molecule has 0 spiro atoms. The number of aliphatic hydroxyl groups is 2. The lowest BCUT2D eigenvalue weighted by atomic mass is 10.1. The highest BCUT2D eigenvalue weighted by Crippen LogP contribution is 2.27. The molecule has 0 unspecified atom stereocenters. The van der Waals surface area contributed by atoms with Crippen molar-refractivity contribution in [1.82, 2.24) is 9.55 Å². The Hall–Kier alpha value is -1.44. The number of hydrogen-bond acceptors (Lipinski definition) is 5. The van der Waals surface area contributed by atoms with E-state index < -0.39 is 24.1 Å². The Balaban J connectivity index is 2.01. The van der Waals surface area contributed by atoms with Crippen LogP contribution in [0.2, 0.25) is 0 Å². The van der Waals surface area contributed by atoms with Gasteiger partial charge in [0.2, 0.25) is 0 Å². The van der Waals surface area contributed by atoms with Gasteiger partial charge >= 0.3 is 5.69 Å². The molecule has 1 aliphatic rings. The summed E-state index contributed by atoms with van der Waals surface area (Å²) in [4.78, 5) is 26.3. The molecular weight excluding hydrogens is 312 g/mol. The molecule has 7 nitrogen and oxygen atoms in total. The van der Waals surface area contributed by atoms with Crippen LogP contribution in [0.15, 0.2) is 15.8 Å². The Bertz CT molecular complexity index is 624. The number of nitrogens with one attached hydrogen (secondary N) is 1. The van der Waals surface area contributed by atoms with Crippen LogP contribution in [-0.4, -0.2) is 38.6 Å². The number of nitrogens with zero attached hydrogens (tertiary/aromatic N) is 1. The number of aliphatic hydroxyl groups excluding tert-OH is 2. The largest absolute Gasteiger partial charge is 0.394 e. The van der Waals surface area contributed by atoms with E-state index in [9.17, 15) is 14.7 Å². The van der Waals surface area contributed by atoms with Crippen molar-refractivity contribution >= 4 is 0 Å². The summed E-state index contributed by atoms with van der Waals surface area (Å²) in [6.45, 7) is 1.87. The van der Waals surface area contributed by atoms with E-state index in [-0.39, 0.29) is 18.6 Å². The minimum atomic E-state index is -0.819. The van der Waals surface area contributed by atoms with Crippen LogP contribution in [0.5, 0.6) is 0 Å². The average Bonchev–Trinajstić information content (AvgIpc) is 2.93. The molecule has 136 valence electrons. The Morgan fingerprint density at radius 2 is 1.96 bits per heavy atom. The maximum absolute atomic E-state index is 12.0. The summed E-state index contributed by atoms with van der Waals surface area (Å²) in [5.41, 5.74) is -0.361. The lowest BCUT2D eigenvalue weighted by Crippen LogP contribution is -2.34. The quantitative estimate of drug-likeness (QED) is 0.584. The van der Waals surface area contributed by atoms with E-state index in [0.717, 1.165) is 19.3 Å². The minimum absolute atomic E-state index is 0.216. The van der Waals surface area contributed by atoms with Gasteiger partial charge in [0.1, 0.15) is 12.3 Å². The van der Waals surface area contributed by atoms with Gasteiger partial charge in [-0.25, -0.2) is 4.79 Å². The number of hydrogen-bond donors (Lipinski definition) is 3. The van der Waals surface area contributed by atoms with Crippen molar-refractivity contribution in [2.24, 2.45) is 0 Å². The lowest BCUT2D eigenvalue weighted by molar-refractivity contribution is -0.0460. The third kappa shape index (κ3) is 4.78. The normalized spacial score (nSPS) is 23.7. The molecule has 7 heteroatoms. The van der Waals surface area contributed by atoms with Crippen molar-refractivity contribution in [2.75, 3.05) is 6.61 Å². The van der Waals surface area contributed by atoms with Crippen molar-refractivity contribution in [1.29, 1.82) is 0 Å². The maximum atomic E-state index is 12.0. The molecule has 1 aliphatic heterocycles. The molecule has 2 heterocycles. The highest BCUT2D eigenvalue weighted by atomic mass is 16.5. The van der Waals surface area contributed by atoms with E-state index in [4.69, 9.17) is 9.84 Å². The topological polar surface area (TPSA) is 105 Å². The molecule has 1 aromatic rings. The number of aryl methyl sites for hydroxylation is 1. The predicted molar refractivity (Wildman–Crippen MR) is 90.0 cm³/mol. The molecule has 2 rings (SSSR count). The molecular formula is C17H28N2O5. The maximum Gasteiger partial charge on any atom is 0.330 e. The van der Waals surface area contributed by atoms with Gasteiger partial charge in [0, 0.05) is 18.2 Å². The highest BCUT2D eigenvalue weighted by molar-refractivity contribution is 5.05. The molecule has 3 N–H and O–H groups in total. The molecule has 0 amide bonds. The van der Waals surface area contributed by atoms with Gasteiger partial charge in [0.15, 0.2) is 0 Å². The van der Waals surface area contributed by atoms with E-state index in [0.29, 0.717) is 12.0 Å². The van der Waals surface area contributed by atoms with E-state index in [2.05, 4.69) is 11.9 Å². The van der Waals surface area contributed by atoms with Crippen molar-refractivity contribution in [3.8, 4) is 0 Å². The van der Waals surface area contributed by atoms with E-state index in [1.54, 1.807) is 0 Å². The number of aromatic amines is 1. The van der Waals surface area contributed by atoms with Crippen LogP contribution in [0.25, 0.3) is 0 Å². The monoisotopic (exact) mass is 340 g/mol. The molecule has 3 atom stereocenters. The molecule has 1 saturated heterocycles. The first-order valence-corrected chi connectivity index (χ1v) is 8.85. The second-order valence-electron chi connectivity index (χ2n) is 6.45. The number of unbranched alkanes of at least 4 members (excludes halogenated alkanes) is 5. The fraction of sp³-hybridized carbons (Fsp3) is 0.765. The zero-order valence-corrected chi connectivity index (χ0v) is 14.2. The fourth-order valence-electron chi connectivity index (χ4n) is 3.07. The van der Waals surface area contributed by atoms with Crippen LogP contribution >= 0.6 is 0 Å². The van der Waals surface area contributed by atoms with Gasteiger partial charge in [-0.1, -0.05) is 39.0 Å². The zero-order chi connectivity index (χ0) is 17.5. The van der Waals surface area contributed by atoms with Gasteiger partial charge in [0.05, 0.1) is 12.7 Å². The molecule has 1 fully saturated rings. The number of rotatable bonds is 9. The molecule has 0 aromatic carbocycles. The number of H-pyrrole nitrogens is 1. The van der Waals surface area contributed by atoms with Crippen LogP contribution in [-0.2, 0) is 11.2 Å². The summed E-state index contributed by atoms with van der Waals surface area (Å²) in [5, 5.41) is 19.0. The molecule has 0 aliphatic carbocycles. The average molecular weight is 340 g/mol. The standard InChI is InChI=1S/C17H28N2O5/c1-2-3-4-5-6-7-8-12-10-19(17(23)18-16(12)22)15-9-13(21)14(11-20)24-15/h10,13-15,20-21H,2-9,11H2,1H3,(H,18,22,23)/t13-,14+,15+/m0/s1. The molecule has 0 radical (unpaired) electrons. The molecule has 1 aromatic heterocycles. The second-order valence-corrected chi connectivity index (χ2v) is 6.45. The Morgan fingerprint density at radius 3 is 2.62 bits per heavy atom. The summed E-state index contributed by atoms with van der Waals surface area (Å²) in [6, 6.07) is 0. The van der Waals surface area contributed by atoms with Gasteiger partial charge in [-0.15, -0.1) is 0 Å². The number of ether oxygens (including phenoxy) is 1. The van der Waals surface area contributed by atoms with Gasteiger partial charge in [-0.05, 0) is 12.8 Å². The number of aromatic nitrogens is 2. The fourth-order valence-corrected chi connectivity index (χ4v) is 3.07. The summed E-state index contributed by atoms with van der Waals surface area (Å²) >= 11 is 0. The summed E-state index contributed by atoms with van der Waals surface area (Å²) in [7, 11) is 0. The Labute approximate surface area is 141 Å². The van der Waals surface area contributed by atoms with Crippen LogP contribution < -0.4 is 11.2 Å². The zero-order valence-electron chi connectivity index (χ0n) is 14.2. The van der Waals surface area contributed by atoms with E-state index >= 15 is 0 Å². The van der Waals surface area contributed by atoms with Crippen LogP contribution in [0.3, 0.4) is 0 Å². The smallest absolute Gasteiger partial charge is 0.330 e. The van der Waals surface area contributed by atoms with Crippen molar-refractivity contribution in [3.63, 3.8) is 0 Å². The SMILES string of the molecule is CCCCCCCCc1cn([C@H]2C[C@H](O)[C@@H](CO)O2)c(=O)[nH]c1=O. The molecule has 24 heavy (non-hydrogen) atoms. The van der Waals surface area contributed by atoms with Crippen molar-refractivity contribution in [3.05, 3.63) is 32.6 Å². The van der Waals surface area contributed by atoms with E-state index in [1.165, 1.54) is 30.0 Å². The van der Waals surface area contributed by atoms with Crippen molar-refractivity contribution in [2.45, 2.75) is 76.7 Å². The summed E-state index contributed by atoms with van der Waals surface area (Å²) in [6.07, 6.45) is 6.94. The third-order valence-electron chi connectivity index (χ3n) is 4.54.